The van der Waals surface area contributed by atoms with Crippen LogP contribution in [0.4, 0.5) is 0 Å². The maximum atomic E-state index is 11.7. The lowest BCUT2D eigenvalue weighted by molar-refractivity contribution is -0.124. The average molecular weight is 226 g/mol. The Kier molecular flexibility index (Phi) is 6.46. The second kappa shape index (κ2) is 7.66. The predicted molar refractivity (Wildman–Crippen MR) is 67.3 cm³/mol. The van der Waals surface area contributed by atoms with Crippen LogP contribution >= 0.6 is 0 Å². The standard InChI is InChI=1S/C13H26N2O/c1-3-6-11(2)13(16)15-10-12-7-4-5-8-14-9-12/h11-12,14H,3-10H2,1-2H3,(H,15,16). The molecule has 0 bridgehead atoms. The molecule has 0 aromatic carbocycles. The number of nitrogens with one attached hydrogen (secondary N) is 2. The molecule has 3 heteroatoms. The van der Waals surface area contributed by atoms with Crippen molar-refractivity contribution in [2.24, 2.45) is 11.8 Å². The SMILES string of the molecule is CCCC(C)C(=O)NCC1CCCCNC1. The molecule has 1 fully saturated rings. The van der Waals surface area contributed by atoms with Crippen molar-refractivity contribution in [1.82, 2.24) is 10.6 Å². The molecule has 1 heterocycles. The first-order valence-corrected chi connectivity index (χ1v) is 6.72. The van der Waals surface area contributed by atoms with Gasteiger partial charge in [0.15, 0.2) is 0 Å². The van der Waals surface area contributed by atoms with E-state index in [1.165, 1.54) is 19.3 Å². The van der Waals surface area contributed by atoms with Crippen LogP contribution in [0, 0.1) is 11.8 Å². The summed E-state index contributed by atoms with van der Waals surface area (Å²) in [6.45, 7) is 7.18. The number of hydrogen-bond acceptors (Lipinski definition) is 2. The zero-order valence-electron chi connectivity index (χ0n) is 10.7. The van der Waals surface area contributed by atoms with E-state index in [0.717, 1.165) is 32.5 Å². The molecule has 0 aliphatic carbocycles. The van der Waals surface area contributed by atoms with Crippen molar-refractivity contribution in [3.63, 3.8) is 0 Å². The van der Waals surface area contributed by atoms with E-state index in [1.807, 2.05) is 6.92 Å². The fourth-order valence-electron chi connectivity index (χ4n) is 2.25. The first-order chi connectivity index (χ1) is 7.74. The summed E-state index contributed by atoms with van der Waals surface area (Å²) in [4.78, 5) is 11.7. The average Bonchev–Trinajstić information content (AvgIpc) is 2.54. The van der Waals surface area contributed by atoms with Crippen molar-refractivity contribution in [2.75, 3.05) is 19.6 Å². The maximum absolute atomic E-state index is 11.7. The molecule has 0 spiro atoms. The molecule has 0 saturated carbocycles. The highest BCUT2D eigenvalue weighted by molar-refractivity contribution is 5.78. The molecular weight excluding hydrogens is 200 g/mol. The molecule has 94 valence electrons. The Morgan fingerprint density at radius 3 is 3.06 bits per heavy atom. The molecule has 16 heavy (non-hydrogen) atoms. The molecule has 1 aliphatic rings. The first kappa shape index (κ1) is 13.5. The molecule has 1 rings (SSSR count). The minimum atomic E-state index is 0.170. The minimum Gasteiger partial charge on any atom is -0.356 e. The smallest absolute Gasteiger partial charge is 0.222 e. The lowest BCUT2D eigenvalue weighted by Crippen LogP contribution is -2.36. The molecule has 1 amide bonds. The Labute approximate surface area is 99.4 Å². The third-order valence-electron chi connectivity index (χ3n) is 3.38. The van der Waals surface area contributed by atoms with Crippen LogP contribution in [-0.2, 0) is 4.79 Å². The zero-order chi connectivity index (χ0) is 11.8. The van der Waals surface area contributed by atoms with Gasteiger partial charge in [-0.05, 0) is 38.3 Å². The normalized spacial score (nSPS) is 23.5. The Balaban J connectivity index is 2.19. The molecule has 1 saturated heterocycles. The van der Waals surface area contributed by atoms with Crippen molar-refractivity contribution in [1.29, 1.82) is 0 Å². The van der Waals surface area contributed by atoms with Gasteiger partial charge in [-0.1, -0.05) is 26.7 Å². The summed E-state index contributed by atoms with van der Waals surface area (Å²) >= 11 is 0. The van der Waals surface area contributed by atoms with E-state index in [4.69, 9.17) is 0 Å². The van der Waals surface area contributed by atoms with E-state index < -0.39 is 0 Å². The third kappa shape index (κ3) is 4.97. The van der Waals surface area contributed by atoms with Gasteiger partial charge in [-0.15, -0.1) is 0 Å². The second-order valence-corrected chi connectivity index (χ2v) is 5.00. The van der Waals surface area contributed by atoms with E-state index in [9.17, 15) is 4.79 Å². The van der Waals surface area contributed by atoms with Crippen LogP contribution in [0.1, 0.15) is 46.0 Å². The molecule has 0 radical (unpaired) electrons. The molecule has 3 nitrogen and oxygen atoms in total. The van der Waals surface area contributed by atoms with Crippen LogP contribution in [0.5, 0.6) is 0 Å². The van der Waals surface area contributed by atoms with Gasteiger partial charge in [0.05, 0.1) is 0 Å². The van der Waals surface area contributed by atoms with E-state index in [0.29, 0.717) is 5.92 Å². The van der Waals surface area contributed by atoms with Gasteiger partial charge in [-0.2, -0.15) is 0 Å². The van der Waals surface area contributed by atoms with Crippen LogP contribution in [0.25, 0.3) is 0 Å². The van der Waals surface area contributed by atoms with Crippen molar-refractivity contribution < 1.29 is 4.79 Å². The summed E-state index contributed by atoms with van der Waals surface area (Å²) in [5.74, 6) is 1.02. The zero-order valence-corrected chi connectivity index (χ0v) is 10.7. The highest BCUT2D eigenvalue weighted by atomic mass is 16.1. The lowest BCUT2D eigenvalue weighted by Gasteiger charge is -2.17. The van der Waals surface area contributed by atoms with Crippen LogP contribution in [0.15, 0.2) is 0 Å². The highest BCUT2D eigenvalue weighted by Crippen LogP contribution is 2.11. The fraction of sp³-hybridized carbons (Fsp3) is 0.923. The topological polar surface area (TPSA) is 41.1 Å². The molecule has 2 unspecified atom stereocenters. The van der Waals surface area contributed by atoms with Gasteiger partial charge in [-0.25, -0.2) is 0 Å². The number of amides is 1. The number of carbonyl (C=O) groups excluding carboxylic acids is 1. The van der Waals surface area contributed by atoms with E-state index in [2.05, 4.69) is 17.6 Å². The highest BCUT2D eigenvalue weighted by Gasteiger charge is 2.15. The van der Waals surface area contributed by atoms with Crippen LogP contribution < -0.4 is 10.6 Å². The van der Waals surface area contributed by atoms with Crippen molar-refractivity contribution >= 4 is 5.91 Å². The summed E-state index contributed by atoms with van der Waals surface area (Å²) in [6.07, 6.45) is 5.89. The number of carbonyl (C=O) groups is 1. The molecule has 0 aromatic rings. The number of rotatable bonds is 5. The summed E-state index contributed by atoms with van der Waals surface area (Å²) in [7, 11) is 0. The van der Waals surface area contributed by atoms with Gasteiger partial charge in [-0.3, -0.25) is 4.79 Å². The quantitative estimate of drug-likeness (QED) is 0.752. The van der Waals surface area contributed by atoms with Crippen molar-refractivity contribution in [3.8, 4) is 0 Å². The monoisotopic (exact) mass is 226 g/mol. The Morgan fingerprint density at radius 2 is 2.31 bits per heavy atom. The Bertz CT molecular complexity index is 198. The van der Waals surface area contributed by atoms with E-state index in [-0.39, 0.29) is 11.8 Å². The van der Waals surface area contributed by atoms with Gasteiger partial charge in [0.25, 0.3) is 0 Å². The van der Waals surface area contributed by atoms with Crippen LogP contribution in [-0.4, -0.2) is 25.5 Å². The first-order valence-electron chi connectivity index (χ1n) is 6.72. The summed E-state index contributed by atoms with van der Waals surface area (Å²) in [6, 6.07) is 0. The van der Waals surface area contributed by atoms with E-state index in [1.54, 1.807) is 0 Å². The number of hydrogen-bond donors (Lipinski definition) is 2. The van der Waals surface area contributed by atoms with Gasteiger partial charge in [0.2, 0.25) is 5.91 Å². The Hall–Kier alpha value is -0.570. The summed E-state index contributed by atoms with van der Waals surface area (Å²) < 4.78 is 0. The summed E-state index contributed by atoms with van der Waals surface area (Å²) in [5.41, 5.74) is 0. The molecular formula is C13H26N2O. The summed E-state index contributed by atoms with van der Waals surface area (Å²) in [5, 5.41) is 6.51. The molecule has 2 N–H and O–H groups in total. The van der Waals surface area contributed by atoms with Gasteiger partial charge in [0.1, 0.15) is 0 Å². The minimum absolute atomic E-state index is 0.170. The second-order valence-electron chi connectivity index (χ2n) is 5.00. The van der Waals surface area contributed by atoms with Gasteiger partial charge >= 0.3 is 0 Å². The predicted octanol–water partition coefficient (Wildman–Crippen LogP) is 1.93. The van der Waals surface area contributed by atoms with Gasteiger partial charge < -0.3 is 10.6 Å². The van der Waals surface area contributed by atoms with Crippen LogP contribution in [0.2, 0.25) is 0 Å². The Morgan fingerprint density at radius 1 is 1.50 bits per heavy atom. The van der Waals surface area contributed by atoms with Crippen LogP contribution in [0.3, 0.4) is 0 Å². The third-order valence-corrected chi connectivity index (χ3v) is 3.38. The maximum Gasteiger partial charge on any atom is 0.222 e. The molecule has 0 aromatic heterocycles. The fourth-order valence-corrected chi connectivity index (χ4v) is 2.25. The lowest BCUT2D eigenvalue weighted by atomic mass is 10.0. The molecule has 2 atom stereocenters. The largest absolute Gasteiger partial charge is 0.356 e. The van der Waals surface area contributed by atoms with Crippen molar-refractivity contribution in [2.45, 2.75) is 46.0 Å². The van der Waals surface area contributed by atoms with Crippen molar-refractivity contribution in [3.05, 3.63) is 0 Å². The molecule has 1 aliphatic heterocycles. The van der Waals surface area contributed by atoms with Gasteiger partial charge in [0, 0.05) is 12.5 Å². The van der Waals surface area contributed by atoms with E-state index >= 15 is 0 Å².